The Morgan fingerprint density at radius 2 is 1.61 bits per heavy atom. The first kappa shape index (κ1) is 20.3. The van der Waals surface area contributed by atoms with Gasteiger partial charge in [-0.3, -0.25) is 9.80 Å². The van der Waals surface area contributed by atoms with Crippen LogP contribution in [0.15, 0.2) is 54.6 Å². The van der Waals surface area contributed by atoms with Gasteiger partial charge in [0.2, 0.25) is 0 Å². The number of tetrazole rings is 1. The van der Waals surface area contributed by atoms with Crippen molar-refractivity contribution in [2.45, 2.75) is 44.3 Å². The van der Waals surface area contributed by atoms with Crippen LogP contribution in [-0.2, 0) is 6.54 Å². The summed E-state index contributed by atoms with van der Waals surface area (Å²) >= 11 is 0. The lowest BCUT2D eigenvalue weighted by atomic mass is 10.0. The monoisotopic (exact) mass is 420 g/mol. The molecule has 0 spiro atoms. The fourth-order valence-corrected chi connectivity index (χ4v) is 4.98. The highest BCUT2D eigenvalue weighted by atomic mass is 19.1. The van der Waals surface area contributed by atoms with Crippen molar-refractivity contribution in [1.29, 1.82) is 0 Å². The number of piperazine rings is 1. The maximum Gasteiger partial charge on any atom is 0.173 e. The first-order valence-electron chi connectivity index (χ1n) is 11.3. The van der Waals surface area contributed by atoms with Gasteiger partial charge in [-0.25, -0.2) is 9.07 Å². The largest absolute Gasteiger partial charge is 0.297 e. The Balaban J connectivity index is 1.37. The molecule has 0 bridgehead atoms. The predicted molar refractivity (Wildman–Crippen MR) is 117 cm³/mol. The number of halogens is 1. The fourth-order valence-electron chi connectivity index (χ4n) is 4.98. The molecule has 2 fully saturated rings. The van der Waals surface area contributed by atoms with Crippen LogP contribution in [0.3, 0.4) is 0 Å². The SMILES string of the molecule is Fc1ccc([C@H](c2nnnn2C2CCCC2)N2CCN(Cc3ccccc3)CC2)cc1. The van der Waals surface area contributed by atoms with Gasteiger partial charge in [-0.05, 0) is 46.5 Å². The first-order valence-corrected chi connectivity index (χ1v) is 11.3. The summed E-state index contributed by atoms with van der Waals surface area (Å²) in [6.07, 6.45) is 4.70. The Hall–Kier alpha value is -2.64. The maximum absolute atomic E-state index is 13.7. The van der Waals surface area contributed by atoms with E-state index >= 15 is 0 Å². The zero-order valence-electron chi connectivity index (χ0n) is 17.8. The molecule has 2 aromatic carbocycles. The molecule has 1 saturated carbocycles. The summed E-state index contributed by atoms with van der Waals surface area (Å²) in [6, 6.07) is 17.8. The molecule has 31 heavy (non-hydrogen) atoms. The molecule has 2 aliphatic rings. The van der Waals surface area contributed by atoms with Crippen molar-refractivity contribution < 1.29 is 4.39 Å². The van der Waals surface area contributed by atoms with Crippen molar-refractivity contribution in [3.63, 3.8) is 0 Å². The summed E-state index contributed by atoms with van der Waals surface area (Å²) in [5.74, 6) is 0.667. The van der Waals surface area contributed by atoms with Gasteiger partial charge in [-0.15, -0.1) is 5.10 Å². The highest BCUT2D eigenvalue weighted by molar-refractivity contribution is 5.26. The molecule has 0 N–H and O–H groups in total. The van der Waals surface area contributed by atoms with Gasteiger partial charge in [-0.2, -0.15) is 0 Å². The van der Waals surface area contributed by atoms with Crippen molar-refractivity contribution in [2.24, 2.45) is 0 Å². The Kier molecular flexibility index (Phi) is 6.04. The molecule has 7 heteroatoms. The topological polar surface area (TPSA) is 50.1 Å². The Bertz CT molecular complexity index is 959. The van der Waals surface area contributed by atoms with Crippen molar-refractivity contribution in [1.82, 2.24) is 30.0 Å². The van der Waals surface area contributed by atoms with Gasteiger partial charge in [0.1, 0.15) is 5.82 Å². The van der Waals surface area contributed by atoms with E-state index < -0.39 is 0 Å². The van der Waals surface area contributed by atoms with Gasteiger partial charge >= 0.3 is 0 Å². The molecule has 1 aromatic heterocycles. The van der Waals surface area contributed by atoms with Gasteiger partial charge in [0, 0.05) is 32.7 Å². The molecule has 1 atom stereocenters. The number of rotatable bonds is 6. The standard InChI is InChI=1S/C24H29FN6/c25-21-12-10-20(11-13-21)23(24-26-27-28-31(24)22-8-4-5-9-22)30-16-14-29(15-17-30)18-19-6-2-1-3-7-19/h1-3,6-7,10-13,22-23H,4-5,8-9,14-18H2/t23-/m1/s1. The highest BCUT2D eigenvalue weighted by Gasteiger charge is 2.33. The molecule has 0 unspecified atom stereocenters. The molecule has 162 valence electrons. The van der Waals surface area contributed by atoms with Crippen LogP contribution < -0.4 is 0 Å². The molecule has 1 saturated heterocycles. The van der Waals surface area contributed by atoms with Crippen molar-refractivity contribution in [3.8, 4) is 0 Å². The Labute approximate surface area is 182 Å². The number of hydrogen-bond acceptors (Lipinski definition) is 5. The third-order valence-corrected chi connectivity index (χ3v) is 6.64. The second-order valence-electron chi connectivity index (χ2n) is 8.67. The van der Waals surface area contributed by atoms with Crippen molar-refractivity contribution >= 4 is 0 Å². The van der Waals surface area contributed by atoms with Gasteiger partial charge in [0.25, 0.3) is 0 Å². The molecular formula is C24H29FN6. The average molecular weight is 421 g/mol. The lowest BCUT2D eigenvalue weighted by Gasteiger charge is -2.39. The van der Waals surface area contributed by atoms with E-state index in [9.17, 15) is 4.39 Å². The van der Waals surface area contributed by atoms with E-state index in [-0.39, 0.29) is 11.9 Å². The van der Waals surface area contributed by atoms with Crippen LogP contribution in [0.4, 0.5) is 4.39 Å². The minimum absolute atomic E-state index is 0.0601. The van der Waals surface area contributed by atoms with Crippen LogP contribution in [-0.4, -0.2) is 56.2 Å². The van der Waals surface area contributed by atoms with E-state index in [1.165, 1.54) is 30.5 Å². The fraction of sp³-hybridized carbons (Fsp3) is 0.458. The summed E-state index contributed by atoms with van der Waals surface area (Å²) in [6.45, 7) is 4.78. The van der Waals surface area contributed by atoms with Crippen LogP contribution in [0.5, 0.6) is 0 Å². The normalized spacial score (nSPS) is 19.6. The average Bonchev–Trinajstić information content (AvgIpc) is 3.49. The Morgan fingerprint density at radius 3 is 2.32 bits per heavy atom. The molecule has 3 aromatic rings. The van der Waals surface area contributed by atoms with E-state index in [1.807, 2.05) is 16.8 Å². The minimum atomic E-state index is -0.217. The van der Waals surface area contributed by atoms with Crippen LogP contribution in [0.1, 0.15) is 54.7 Å². The quantitative estimate of drug-likeness (QED) is 0.607. The first-order chi connectivity index (χ1) is 15.3. The second-order valence-corrected chi connectivity index (χ2v) is 8.67. The molecule has 6 nitrogen and oxygen atoms in total. The third kappa shape index (κ3) is 4.52. The van der Waals surface area contributed by atoms with Crippen molar-refractivity contribution in [3.05, 3.63) is 77.4 Å². The maximum atomic E-state index is 13.7. The molecular weight excluding hydrogens is 391 g/mol. The molecule has 5 rings (SSSR count). The molecule has 2 heterocycles. The molecule has 0 amide bonds. The van der Waals surface area contributed by atoms with Crippen LogP contribution in [0.2, 0.25) is 0 Å². The van der Waals surface area contributed by atoms with E-state index in [1.54, 1.807) is 0 Å². The number of benzene rings is 2. The predicted octanol–water partition coefficient (Wildman–Crippen LogP) is 3.83. The lowest BCUT2D eigenvalue weighted by Crippen LogP contribution is -2.48. The van der Waals surface area contributed by atoms with Gasteiger partial charge in [-0.1, -0.05) is 55.3 Å². The lowest BCUT2D eigenvalue weighted by molar-refractivity contribution is 0.0993. The van der Waals surface area contributed by atoms with E-state index in [0.717, 1.165) is 57.0 Å². The van der Waals surface area contributed by atoms with E-state index in [2.05, 4.69) is 55.7 Å². The second kappa shape index (κ2) is 9.24. The Morgan fingerprint density at radius 1 is 0.903 bits per heavy atom. The van der Waals surface area contributed by atoms with Gasteiger partial charge in [0.05, 0.1) is 12.1 Å². The van der Waals surface area contributed by atoms with E-state index in [0.29, 0.717) is 6.04 Å². The summed E-state index contributed by atoms with van der Waals surface area (Å²) in [5.41, 5.74) is 2.39. The van der Waals surface area contributed by atoms with Crippen LogP contribution in [0.25, 0.3) is 0 Å². The highest BCUT2D eigenvalue weighted by Crippen LogP contribution is 2.34. The summed E-state index contributed by atoms with van der Waals surface area (Å²) < 4.78 is 15.7. The third-order valence-electron chi connectivity index (χ3n) is 6.64. The summed E-state index contributed by atoms with van der Waals surface area (Å²) in [4.78, 5) is 4.94. The van der Waals surface area contributed by atoms with Crippen LogP contribution in [0, 0.1) is 5.82 Å². The molecule has 0 radical (unpaired) electrons. The van der Waals surface area contributed by atoms with E-state index in [4.69, 9.17) is 0 Å². The number of nitrogens with zero attached hydrogens (tertiary/aromatic N) is 6. The summed E-state index contributed by atoms with van der Waals surface area (Å²) in [7, 11) is 0. The van der Waals surface area contributed by atoms with Gasteiger partial charge < -0.3 is 0 Å². The molecule has 1 aliphatic carbocycles. The van der Waals surface area contributed by atoms with Crippen LogP contribution >= 0.6 is 0 Å². The zero-order valence-corrected chi connectivity index (χ0v) is 17.8. The molecule has 1 aliphatic heterocycles. The number of hydrogen-bond donors (Lipinski definition) is 0. The van der Waals surface area contributed by atoms with Crippen molar-refractivity contribution in [2.75, 3.05) is 26.2 Å². The summed E-state index contributed by atoms with van der Waals surface area (Å²) in [5, 5.41) is 12.9. The zero-order chi connectivity index (χ0) is 21.0. The minimum Gasteiger partial charge on any atom is -0.297 e. The number of aromatic nitrogens is 4. The smallest absolute Gasteiger partial charge is 0.173 e. The van der Waals surface area contributed by atoms with Gasteiger partial charge in [0.15, 0.2) is 5.82 Å².